The Morgan fingerprint density at radius 2 is 2.00 bits per heavy atom. The maximum Gasteiger partial charge on any atom is 0.410 e. The Morgan fingerprint density at radius 1 is 1.29 bits per heavy atom. The molecule has 6 atom stereocenters. The molecule has 2 amide bonds. The van der Waals surface area contributed by atoms with E-state index in [2.05, 4.69) is 18.1 Å². The number of carbonyl (C=O) groups excluding carboxylic acids is 3. The summed E-state index contributed by atoms with van der Waals surface area (Å²) in [5.41, 5.74) is 2.40. The Balaban J connectivity index is 1.60. The highest BCUT2D eigenvalue weighted by Crippen LogP contribution is 2.52. The molecule has 1 aromatic heterocycles. The third kappa shape index (κ3) is 5.24. The molecular weight excluding hydrogens is 506 g/mol. The zero-order valence-electron chi connectivity index (χ0n) is 22.0. The van der Waals surface area contributed by atoms with E-state index in [9.17, 15) is 19.5 Å². The van der Waals surface area contributed by atoms with E-state index in [0.29, 0.717) is 19.4 Å². The van der Waals surface area contributed by atoms with Gasteiger partial charge >= 0.3 is 12.1 Å². The number of rotatable bonds is 10. The van der Waals surface area contributed by atoms with Gasteiger partial charge in [-0.05, 0) is 43.9 Å². The van der Waals surface area contributed by atoms with Gasteiger partial charge in [0.1, 0.15) is 18.9 Å². The molecule has 10 heteroatoms. The van der Waals surface area contributed by atoms with Gasteiger partial charge in [-0.1, -0.05) is 32.2 Å². The van der Waals surface area contributed by atoms with E-state index >= 15 is 0 Å². The van der Waals surface area contributed by atoms with Gasteiger partial charge in [0.25, 0.3) is 0 Å². The fraction of sp³-hybridized carbons (Fsp3) is 0.500. The van der Waals surface area contributed by atoms with Gasteiger partial charge in [-0.3, -0.25) is 9.78 Å². The lowest BCUT2D eigenvalue weighted by molar-refractivity contribution is -0.164. The third-order valence-electron chi connectivity index (χ3n) is 7.46. The lowest BCUT2D eigenvalue weighted by Crippen LogP contribution is -2.63. The van der Waals surface area contributed by atoms with Crippen LogP contribution in [0.25, 0.3) is 0 Å². The highest BCUT2D eigenvalue weighted by Gasteiger charge is 2.60. The van der Waals surface area contributed by atoms with Crippen LogP contribution in [0.3, 0.4) is 0 Å². The van der Waals surface area contributed by atoms with Gasteiger partial charge in [-0.2, -0.15) is 0 Å². The summed E-state index contributed by atoms with van der Waals surface area (Å²) in [4.78, 5) is 47.1. The number of aliphatic hydroxyl groups is 1. The summed E-state index contributed by atoms with van der Waals surface area (Å²) < 4.78 is 10.7. The molecule has 4 rings (SSSR count). The number of ether oxygens (including phenoxy) is 2. The van der Waals surface area contributed by atoms with Crippen LogP contribution in [0, 0.1) is 18.8 Å². The van der Waals surface area contributed by atoms with Crippen molar-refractivity contribution in [2.45, 2.75) is 57.1 Å². The molecule has 1 aromatic rings. The third-order valence-corrected chi connectivity index (χ3v) is 8.95. The van der Waals surface area contributed by atoms with Crippen molar-refractivity contribution in [1.29, 1.82) is 0 Å². The van der Waals surface area contributed by atoms with E-state index in [1.165, 1.54) is 28.8 Å². The minimum absolute atomic E-state index is 0.0287. The summed E-state index contributed by atoms with van der Waals surface area (Å²) in [6.45, 7) is 13.4. The van der Waals surface area contributed by atoms with Crippen molar-refractivity contribution in [2.75, 3.05) is 19.8 Å². The summed E-state index contributed by atoms with van der Waals surface area (Å²) in [5.74, 6) is -1.58. The first kappa shape index (κ1) is 27.9. The molecule has 0 aromatic carbocycles. The number of nitrogens with zero attached hydrogens (tertiary/aromatic N) is 3. The number of aromatic nitrogens is 1. The number of hydrogen-bond donors (Lipinski definition) is 1. The highest BCUT2D eigenvalue weighted by molar-refractivity contribution is 8.03. The maximum atomic E-state index is 13.1. The topological polar surface area (TPSA) is 109 Å². The number of fused-ring (bicyclic) bond motifs is 1. The fourth-order valence-corrected chi connectivity index (χ4v) is 7.19. The standard InChI is InChI=1S/C28H35N3O6S/c1-6-10-36-27(34)24-25(17(4)23-22(18(5)32)26(33)31(23)24)38-21-13-20(12-19-8-9-29-14-16(19)3)30(15-21)28(35)37-11-7-2/h6-9,14,17-18,20-23,32H,1-2,10-13,15H2,3-5H3/t17-,18-,20-,21+,22-,23-/m1/s1. The fourth-order valence-electron chi connectivity index (χ4n) is 5.63. The van der Waals surface area contributed by atoms with Crippen molar-refractivity contribution in [2.24, 2.45) is 11.8 Å². The second-order valence-electron chi connectivity index (χ2n) is 10.0. The van der Waals surface area contributed by atoms with Gasteiger partial charge in [-0.25, -0.2) is 9.59 Å². The van der Waals surface area contributed by atoms with Gasteiger partial charge in [0.05, 0.1) is 18.1 Å². The van der Waals surface area contributed by atoms with Crippen molar-refractivity contribution in [1.82, 2.24) is 14.8 Å². The first-order chi connectivity index (χ1) is 18.2. The number of pyridine rings is 1. The molecule has 0 spiro atoms. The van der Waals surface area contributed by atoms with E-state index in [4.69, 9.17) is 9.47 Å². The van der Waals surface area contributed by atoms with Crippen molar-refractivity contribution >= 4 is 29.7 Å². The first-order valence-electron chi connectivity index (χ1n) is 12.8. The number of thioether (sulfide) groups is 1. The summed E-state index contributed by atoms with van der Waals surface area (Å²) in [5, 5.41) is 10.2. The largest absolute Gasteiger partial charge is 0.457 e. The molecule has 0 unspecified atom stereocenters. The molecule has 1 N–H and O–H groups in total. The van der Waals surface area contributed by atoms with Crippen LogP contribution >= 0.6 is 11.8 Å². The number of amides is 2. The number of carbonyl (C=O) groups is 3. The predicted molar refractivity (Wildman–Crippen MR) is 144 cm³/mol. The summed E-state index contributed by atoms with van der Waals surface area (Å²) >= 11 is 1.52. The minimum Gasteiger partial charge on any atom is -0.457 e. The van der Waals surface area contributed by atoms with Crippen molar-refractivity contribution in [3.8, 4) is 0 Å². The zero-order chi connectivity index (χ0) is 27.6. The molecule has 0 saturated carbocycles. The van der Waals surface area contributed by atoms with Crippen molar-refractivity contribution in [3.05, 3.63) is 65.5 Å². The van der Waals surface area contributed by atoms with Crippen molar-refractivity contribution in [3.63, 3.8) is 0 Å². The van der Waals surface area contributed by atoms with Crippen LogP contribution in [0.2, 0.25) is 0 Å². The number of esters is 1. The molecule has 0 bridgehead atoms. The van der Waals surface area contributed by atoms with Crippen molar-refractivity contribution < 1.29 is 29.0 Å². The Morgan fingerprint density at radius 3 is 2.66 bits per heavy atom. The van der Waals surface area contributed by atoms with Crippen LogP contribution < -0.4 is 0 Å². The monoisotopic (exact) mass is 541 g/mol. The summed E-state index contributed by atoms with van der Waals surface area (Å²) in [7, 11) is 0. The number of aryl methyl sites for hydroxylation is 1. The lowest BCUT2D eigenvalue weighted by Gasteiger charge is -2.46. The molecule has 2 fully saturated rings. The van der Waals surface area contributed by atoms with E-state index in [0.717, 1.165) is 16.0 Å². The molecular formula is C28H35N3O6S. The Labute approximate surface area is 227 Å². The number of likely N-dealkylation sites (tertiary alicyclic amines) is 1. The second kappa shape index (κ2) is 11.7. The van der Waals surface area contributed by atoms with Gasteiger partial charge < -0.3 is 24.4 Å². The van der Waals surface area contributed by atoms with E-state index < -0.39 is 24.1 Å². The van der Waals surface area contributed by atoms with Crippen LogP contribution in [0.5, 0.6) is 0 Å². The van der Waals surface area contributed by atoms with Gasteiger partial charge in [0.15, 0.2) is 0 Å². The summed E-state index contributed by atoms with van der Waals surface area (Å²) in [6, 6.07) is 1.55. The smallest absolute Gasteiger partial charge is 0.410 e. The highest BCUT2D eigenvalue weighted by atomic mass is 32.2. The number of hydrogen-bond acceptors (Lipinski definition) is 8. The molecule has 38 heavy (non-hydrogen) atoms. The molecule has 0 radical (unpaired) electrons. The van der Waals surface area contributed by atoms with Crippen LogP contribution in [-0.4, -0.2) is 81.1 Å². The Bertz CT molecular complexity index is 1150. The van der Waals surface area contributed by atoms with Gasteiger partial charge in [-0.15, -0.1) is 11.8 Å². The molecule has 3 aliphatic heterocycles. The normalized spacial score (nSPS) is 27.1. The minimum atomic E-state index is -0.824. The lowest BCUT2D eigenvalue weighted by atomic mass is 9.79. The van der Waals surface area contributed by atoms with Crippen LogP contribution in [0.4, 0.5) is 4.79 Å². The number of aliphatic hydroxyl groups excluding tert-OH is 1. The van der Waals surface area contributed by atoms with Crippen LogP contribution in [-0.2, 0) is 25.5 Å². The maximum absolute atomic E-state index is 13.1. The van der Waals surface area contributed by atoms with Crippen LogP contribution in [0.15, 0.2) is 54.4 Å². The van der Waals surface area contributed by atoms with E-state index in [1.807, 2.05) is 26.1 Å². The molecule has 4 heterocycles. The average Bonchev–Trinajstić information content (AvgIpc) is 3.39. The molecule has 3 aliphatic rings. The quantitative estimate of drug-likeness (QED) is 0.273. The average molecular weight is 542 g/mol. The Kier molecular flexibility index (Phi) is 8.62. The second-order valence-corrected chi connectivity index (χ2v) is 11.3. The first-order valence-corrected chi connectivity index (χ1v) is 13.7. The molecule has 0 aliphatic carbocycles. The van der Waals surface area contributed by atoms with Gasteiger partial charge in [0, 0.05) is 41.1 Å². The number of β-lactam (4-membered cyclic amide) rings is 1. The SMILES string of the molecule is C=CCOC(=O)C1=C(S[C@H]2C[C@@H](Cc3ccncc3C)N(C(=O)OCC=C)C2)[C@H](C)[C@@H]2[C@@H]([C@@H](C)O)C(=O)N12. The van der Waals surface area contributed by atoms with Gasteiger partial charge in [0.2, 0.25) is 5.91 Å². The Hall–Kier alpha value is -3.11. The summed E-state index contributed by atoms with van der Waals surface area (Å²) in [6.07, 6.45) is 6.67. The molecule has 9 nitrogen and oxygen atoms in total. The molecule has 204 valence electrons. The molecule has 2 saturated heterocycles. The van der Waals surface area contributed by atoms with E-state index in [1.54, 1.807) is 18.0 Å². The van der Waals surface area contributed by atoms with Crippen LogP contribution in [0.1, 0.15) is 31.4 Å². The predicted octanol–water partition coefficient (Wildman–Crippen LogP) is 3.23. The van der Waals surface area contributed by atoms with E-state index in [-0.39, 0.29) is 48.1 Å². The zero-order valence-corrected chi connectivity index (χ0v) is 22.9.